The molecule has 0 spiro atoms. The summed E-state index contributed by atoms with van der Waals surface area (Å²) in [5, 5.41) is 8.73. The molecular formula is C9H12N4O3. The number of fused-ring (bicyclic) bond motifs is 1. The number of aliphatic hydroxyl groups excluding tert-OH is 1. The molecule has 7 nitrogen and oxygen atoms in total. The van der Waals surface area contributed by atoms with Gasteiger partial charge in [-0.1, -0.05) is 0 Å². The van der Waals surface area contributed by atoms with Crippen LogP contribution < -0.4 is 11.2 Å². The van der Waals surface area contributed by atoms with Crippen molar-refractivity contribution >= 4 is 11.2 Å². The second kappa shape index (κ2) is 3.93. The topological polar surface area (TPSA) is 92.9 Å². The van der Waals surface area contributed by atoms with E-state index >= 15 is 0 Å². The molecular weight excluding hydrogens is 212 g/mol. The zero-order chi connectivity index (χ0) is 11.7. The molecule has 0 aliphatic heterocycles. The van der Waals surface area contributed by atoms with Crippen LogP contribution >= 0.6 is 0 Å². The molecule has 0 radical (unpaired) electrons. The Labute approximate surface area is 90.0 Å². The molecule has 16 heavy (non-hydrogen) atoms. The molecule has 2 aromatic rings. The first-order valence-corrected chi connectivity index (χ1v) is 4.90. The molecule has 0 aliphatic rings. The summed E-state index contributed by atoms with van der Waals surface area (Å²) in [5.41, 5.74) is -0.222. The number of nitrogens with one attached hydrogen (secondary N) is 1. The molecule has 0 amide bonds. The van der Waals surface area contributed by atoms with Crippen molar-refractivity contribution < 1.29 is 5.11 Å². The monoisotopic (exact) mass is 224 g/mol. The number of aromatic nitrogens is 4. The van der Waals surface area contributed by atoms with E-state index in [-0.39, 0.29) is 6.61 Å². The summed E-state index contributed by atoms with van der Waals surface area (Å²) in [6.07, 6.45) is 2.03. The van der Waals surface area contributed by atoms with Gasteiger partial charge >= 0.3 is 5.69 Å². The number of aliphatic hydroxyl groups is 1. The Morgan fingerprint density at radius 1 is 1.50 bits per heavy atom. The van der Waals surface area contributed by atoms with Gasteiger partial charge in [-0.25, -0.2) is 9.78 Å². The number of aryl methyl sites for hydroxylation is 2. The smallest absolute Gasteiger partial charge is 0.329 e. The van der Waals surface area contributed by atoms with Crippen molar-refractivity contribution in [3.8, 4) is 0 Å². The Bertz CT molecular complexity index is 622. The molecule has 0 saturated carbocycles. The quantitative estimate of drug-likeness (QED) is 0.685. The highest BCUT2D eigenvalue weighted by atomic mass is 16.3. The second-order valence-corrected chi connectivity index (χ2v) is 3.51. The third-order valence-corrected chi connectivity index (χ3v) is 2.43. The van der Waals surface area contributed by atoms with Crippen LogP contribution in [0, 0.1) is 0 Å². The standard InChI is InChI=1S/C9H12N4O3/c1-12-7-6(8(15)11-9(12)16)13(5-10-7)3-2-4-14/h5,14H,2-4H2,1H3,(H,11,15,16). The maximum atomic E-state index is 11.6. The SMILES string of the molecule is Cn1c(=O)[nH]c(=O)c2c1ncn2CCCO. The maximum Gasteiger partial charge on any atom is 0.329 e. The van der Waals surface area contributed by atoms with Crippen LogP contribution in [-0.2, 0) is 13.6 Å². The summed E-state index contributed by atoms with van der Waals surface area (Å²) in [6, 6.07) is 0. The predicted molar refractivity (Wildman–Crippen MR) is 57.3 cm³/mol. The van der Waals surface area contributed by atoms with Gasteiger partial charge in [-0.05, 0) is 6.42 Å². The van der Waals surface area contributed by atoms with Crippen LogP contribution in [0.2, 0.25) is 0 Å². The first kappa shape index (κ1) is 10.6. The summed E-state index contributed by atoms with van der Waals surface area (Å²) in [5.74, 6) is 0. The van der Waals surface area contributed by atoms with Crippen LogP contribution in [-0.4, -0.2) is 30.8 Å². The fourth-order valence-electron chi connectivity index (χ4n) is 1.60. The zero-order valence-corrected chi connectivity index (χ0v) is 8.80. The van der Waals surface area contributed by atoms with Crippen LogP contribution in [0.15, 0.2) is 15.9 Å². The van der Waals surface area contributed by atoms with Crippen molar-refractivity contribution in [2.75, 3.05) is 6.61 Å². The fraction of sp³-hybridized carbons (Fsp3) is 0.444. The number of aromatic amines is 1. The van der Waals surface area contributed by atoms with Crippen LogP contribution in [0.25, 0.3) is 11.2 Å². The van der Waals surface area contributed by atoms with E-state index in [1.807, 2.05) is 0 Å². The molecule has 0 bridgehead atoms. The number of H-pyrrole nitrogens is 1. The van der Waals surface area contributed by atoms with E-state index in [0.29, 0.717) is 24.1 Å². The van der Waals surface area contributed by atoms with E-state index in [1.165, 1.54) is 10.9 Å². The Morgan fingerprint density at radius 3 is 2.94 bits per heavy atom. The maximum absolute atomic E-state index is 11.6. The molecule has 86 valence electrons. The van der Waals surface area contributed by atoms with Gasteiger partial charge in [0.1, 0.15) is 0 Å². The summed E-state index contributed by atoms with van der Waals surface area (Å²) < 4.78 is 2.91. The summed E-state index contributed by atoms with van der Waals surface area (Å²) >= 11 is 0. The minimum Gasteiger partial charge on any atom is -0.396 e. The van der Waals surface area contributed by atoms with Gasteiger partial charge in [0.2, 0.25) is 0 Å². The van der Waals surface area contributed by atoms with Gasteiger partial charge in [-0.3, -0.25) is 14.3 Å². The van der Waals surface area contributed by atoms with E-state index in [0.717, 1.165) is 0 Å². The Kier molecular flexibility index (Phi) is 2.61. The third-order valence-electron chi connectivity index (χ3n) is 2.43. The van der Waals surface area contributed by atoms with Crippen molar-refractivity contribution in [3.05, 3.63) is 27.2 Å². The highest BCUT2D eigenvalue weighted by Crippen LogP contribution is 2.05. The second-order valence-electron chi connectivity index (χ2n) is 3.51. The largest absolute Gasteiger partial charge is 0.396 e. The van der Waals surface area contributed by atoms with Gasteiger partial charge in [-0.15, -0.1) is 0 Å². The van der Waals surface area contributed by atoms with Crippen LogP contribution in [0.1, 0.15) is 6.42 Å². The molecule has 2 rings (SSSR count). The van der Waals surface area contributed by atoms with E-state index in [9.17, 15) is 9.59 Å². The lowest BCUT2D eigenvalue weighted by Crippen LogP contribution is -2.29. The molecule has 2 heterocycles. The molecule has 0 aromatic carbocycles. The first-order chi connectivity index (χ1) is 7.65. The highest BCUT2D eigenvalue weighted by molar-refractivity contribution is 5.69. The first-order valence-electron chi connectivity index (χ1n) is 4.90. The van der Waals surface area contributed by atoms with Crippen molar-refractivity contribution in [3.63, 3.8) is 0 Å². The Morgan fingerprint density at radius 2 is 2.25 bits per heavy atom. The number of hydrogen-bond acceptors (Lipinski definition) is 4. The number of nitrogens with zero attached hydrogens (tertiary/aromatic N) is 3. The summed E-state index contributed by atoms with van der Waals surface area (Å²) in [6.45, 7) is 0.539. The summed E-state index contributed by atoms with van der Waals surface area (Å²) in [4.78, 5) is 29.1. The van der Waals surface area contributed by atoms with Gasteiger partial charge in [0, 0.05) is 20.2 Å². The number of imidazole rings is 1. The van der Waals surface area contributed by atoms with Gasteiger partial charge in [0.15, 0.2) is 11.2 Å². The van der Waals surface area contributed by atoms with E-state index in [4.69, 9.17) is 5.11 Å². The number of hydrogen-bond donors (Lipinski definition) is 2. The summed E-state index contributed by atoms with van der Waals surface area (Å²) in [7, 11) is 1.55. The Balaban J connectivity index is 2.68. The van der Waals surface area contributed by atoms with Crippen molar-refractivity contribution in [1.29, 1.82) is 0 Å². The molecule has 7 heteroatoms. The zero-order valence-electron chi connectivity index (χ0n) is 8.80. The molecule has 0 saturated heterocycles. The molecule has 2 aromatic heterocycles. The lowest BCUT2D eigenvalue weighted by Gasteiger charge is -2.02. The van der Waals surface area contributed by atoms with Crippen molar-refractivity contribution in [1.82, 2.24) is 19.1 Å². The third kappa shape index (κ3) is 1.54. The molecule has 0 atom stereocenters. The normalized spacial score (nSPS) is 11.1. The fourth-order valence-corrected chi connectivity index (χ4v) is 1.60. The minimum atomic E-state index is -0.482. The lowest BCUT2D eigenvalue weighted by molar-refractivity contribution is 0.280. The van der Waals surface area contributed by atoms with E-state index < -0.39 is 11.2 Å². The van der Waals surface area contributed by atoms with Crippen molar-refractivity contribution in [2.45, 2.75) is 13.0 Å². The molecule has 0 aliphatic carbocycles. The average Bonchev–Trinajstić information content (AvgIpc) is 2.67. The minimum absolute atomic E-state index is 0.0450. The van der Waals surface area contributed by atoms with Crippen molar-refractivity contribution in [2.24, 2.45) is 7.05 Å². The van der Waals surface area contributed by atoms with Gasteiger partial charge < -0.3 is 9.67 Å². The van der Waals surface area contributed by atoms with Crippen LogP contribution in [0.3, 0.4) is 0 Å². The predicted octanol–water partition coefficient (Wildman–Crippen LogP) is -1.19. The highest BCUT2D eigenvalue weighted by Gasteiger charge is 2.10. The molecule has 2 N–H and O–H groups in total. The van der Waals surface area contributed by atoms with Crippen LogP contribution in [0.4, 0.5) is 0 Å². The molecule has 0 unspecified atom stereocenters. The number of rotatable bonds is 3. The van der Waals surface area contributed by atoms with Gasteiger partial charge in [0.05, 0.1) is 6.33 Å². The van der Waals surface area contributed by atoms with Gasteiger partial charge in [0.25, 0.3) is 5.56 Å². The Hall–Kier alpha value is -1.89. The molecule has 0 fully saturated rings. The van der Waals surface area contributed by atoms with E-state index in [2.05, 4.69) is 9.97 Å². The average molecular weight is 224 g/mol. The van der Waals surface area contributed by atoms with Crippen LogP contribution in [0.5, 0.6) is 0 Å². The lowest BCUT2D eigenvalue weighted by atomic mass is 10.4. The van der Waals surface area contributed by atoms with E-state index in [1.54, 1.807) is 11.6 Å². The van der Waals surface area contributed by atoms with Gasteiger partial charge in [-0.2, -0.15) is 0 Å².